The number of para-hydroxylation sites is 1. The number of carbonyl (C=O) groups is 3. The first-order valence-corrected chi connectivity index (χ1v) is 9.52. The number of nitrogens with one attached hydrogen (secondary N) is 2. The summed E-state index contributed by atoms with van der Waals surface area (Å²) in [6.45, 7) is 4.96. The van der Waals surface area contributed by atoms with Crippen molar-refractivity contribution in [3.8, 4) is 0 Å². The Morgan fingerprint density at radius 3 is 2.59 bits per heavy atom. The molecule has 152 valence electrons. The summed E-state index contributed by atoms with van der Waals surface area (Å²) in [5, 5.41) is 1.07. The quantitative estimate of drug-likeness (QED) is 0.447. The molecular weight excluding hydrogens is 372 g/mol. The first kappa shape index (κ1) is 20.4. The van der Waals surface area contributed by atoms with Crippen LogP contribution in [0.3, 0.4) is 0 Å². The highest BCUT2D eigenvalue weighted by molar-refractivity contribution is 6.02. The lowest BCUT2D eigenvalue weighted by molar-refractivity contribution is -0.142. The molecule has 2 heterocycles. The Hall–Kier alpha value is -3.35. The van der Waals surface area contributed by atoms with Crippen molar-refractivity contribution in [3.63, 3.8) is 0 Å². The van der Waals surface area contributed by atoms with Gasteiger partial charge in [0.15, 0.2) is 6.61 Å². The van der Waals surface area contributed by atoms with Crippen molar-refractivity contribution in [1.82, 2.24) is 9.97 Å². The van der Waals surface area contributed by atoms with E-state index in [0.717, 1.165) is 16.5 Å². The van der Waals surface area contributed by atoms with Gasteiger partial charge in [-0.1, -0.05) is 18.2 Å². The Kier molecular flexibility index (Phi) is 6.16. The van der Waals surface area contributed by atoms with Crippen LogP contribution in [0.4, 0.5) is 0 Å². The van der Waals surface area contributed by atoms with Crippen molar-refractivity contribution in [3.05, 3.63) is 58.5 Å². The molecule has 0 fully saturated rings. The van der Waals surface area contributed by atoms with Gasteiger partial charge in [0.05, 0.1) is 17.9 Å². The maximum atomic E-state index is 12.5. The highest BCUT2D eigenvalue weighted by Crippen LogP contribution is 2.21. The van der Waals surface area contributed by atoms with E-state index < -0.39 is 11.9 Å². The summed E-state index contributed by atoms with van der Waals surface area (Å²) in [5.74, 6) is -1.31. The van der Waals surface area contributed by atoms with Gasteiger partial charge >= 0.3 is 11.9 Å². The van der Waals surface area contributed by atoms with Crippen molar-refractivity contribution in [2.75, 3.05) is 13.2 Å². The molecule has 0 aliphatic carbocycles. The van der Waals surface area contributed by atoms with Gasteiger partial charge in [0.25, 0.3) is 0 Å². The van der Waals surface area contributed by atoms with Gasteiger partial charge < -0.3 is 19.4 Å². The molecule has 7 heteroatoms. The number of benzene rings is 1. The Morgan fingerprint density at radius 1 is 1.07 bits per heavy atom. The monoisotopic (exact) mass is 396 g/mol. The van der Waals surface area contributed by atoms with Crippen LogP contribution in [0.2, 0.25) is 0 Å². The number of ether oxygens (including phenoxy) is 2. The molecule has 1 aromatic carbocycles. The minimum atomic E-state index is -0.478. The number of H-pyrrole nitrogens is 2. The van der Waals surface area contributed by atoms with E-state index in [1.165, 1.54) is 0 Å². The molecule has 0 spiro atoms. The number of aryl methyl sites for hydroxylation is 2. The summed E-state index contributed by atoms with van der Waals surface area (Å²) >= 11 is 0. The van der Waals surface area contributed by atoms with Crippen LogP contribution >= 0.6 is 0 Å². The average molecular weight is 396 g/mol. The van der Waals surface area contributed by atoms with E-state index in [1.54, 1.807) is 20.8 Å². The van der Waals surface area contributed by atoms with Crippen LogP contribution < -0.4 is 0 Å². The number of fused-ring (bicyclic) bond motifs is 1. The number of ketones is 1. The second-order valence-electron chi connectivity index (χ2n) is 6.79. The number of aromatic nitrogens is 2. The van der Waals surface area contributed by atoms with Crippen LogP contribution in [-0.4, -0.2) is 40.9 Å². The van der Waals surface area contributed by atoms with E-state index >= 15 is 0 Å². The first-order valence-electron chi connectivity index (χ1n) is 9.52. The molecule has 0 unspecified atom stereocenters. The van der Waals surface area contributed by atoms with E-state index in [0.29, 0.717) is 23.2 Å². The van der Waals surface area contributed by atoms with Gasteiger partial charge in [-0.05, 0) is 44.4 Å². The normalized spacial score (nSPS) is 10.9. The number of Topliss-reactive ketones (excluding diaryl/α,β-unsaturated/α-hetero) is 1. The van der Waals surface area contributed by atoms with E-state index in [1.807, 2.05) is 30.5 Å². The van der Waals surface area contributed by atoms with Gasteiger partial charge in [0.2, 0.25) is 5.78 Å². The standard InChI is InChI=1S/C22H24N2O5/c1-4-28-22(27)20-13(2)21(24-14(20)3)18(25)12-29-19(26)10-9-15-11-23-17-8-6-5-7-16(15)17/h5-8,11,23-24H,4,9-10,12H2,1-3H3. The van der Waals surface area contributed by atoms with E-state index in [-0.39, 0.29) is 31.1 Å². The molecule has 2 aromatic heterocycles. The molecule has 3 rings (SSSR count). The fourth-order valence-electron chi connectivity index (χ4n) is 3.40. The molecule has 0 radical (unpaired) electrons. The van der Waals surface area contributed by atoms with Crippen molar-refractivity contribution in [1.29, 1.82) is 0 Å². The summed E-state index contributed by atoms with van der Waals surface area (Å²) in [6.07, 6.45) is 2.57. The summed E-state index contributed by atoms with van der Waals surface area (Å²) in [4.78, 5) is 42.7. The van der Waals surface area contributed by atoms with Crippen LogP contribution in [0.15, 0.2) is 30.5 Å². The average Bonchev–Trinajstić information content (AvgIpc) is 3.25. The topological polar surface area (TPSA) is 101 Å². The maximum absolute atomic E-state index is 12.5. The minimum Gasteiger partial charge on any atom is -0.462 e. The zero-order chi connectivity index (χ0) is 21.0. The fraction of sp³-hybridized carbons (Fsp3) is 0.318. The number of aromatic amines is 2. The van der Waals surface area contributed by atoms with E-state index in [2.05, 4.69) is 9.97 Å². The Labute approximate surface area is 168 Å². The predicted octanol–water partition coefficient (Wildman–Crippen LogP) is 3.65. The number of rotatable bonds is 8. The number of esters is 2. The van der Waals surface area contributed by atoms with Crippen molar-refractivity contribution >= 4 is 28.6 Å². The van der Waals surface area contributed by atoms with Crippen LogP contribution in [-0.2, 0) is 20.7 Å². The van der Waals surface area contributed by atoms with Crippen LogP contribution in [0.25, 0.3) is 10.9 Å². The van der Waals surface area contributed by atoms with Crippen molar-refractivity contribution < 1.29 is 23.9 Å². The lowest BCUT2D eigenvalue weighted by atomic mass is 10.1. The van der Waals surface area contributed by atoms with Crippen molar-refractivity contribution in [2.45, 2.75) is 33.6 Å². The van der Waals surface area contributed by atoms with Gasteiger partial charge in [-0.2, -0.15) is 0 Å². The number of carbonyl (C=O) groups excluding carboxylic acids is 3. The molecule has 0 atom stereocenters. The Balaban J connectivity index is 1.57. The zero-order valence-corrected chi connectivity index (χ0v) is 16.8. The largest absolute Gasteiger partial charge is 0.462 e. The Bertz CT molecular complexity index is 1060. The summed E-state index contributed by atoms with van der Waals surface area (Å²) < 4.78 is 10.2. The third-order valence-electron chi connectivity index (χ3n) is 4.83. The second-order valence-corrected chi connectivity index (χ2v) is 6.79. The van der Waals surface area contributed by atoms with Crippen LogP contribution in [0, 0.1) is 13.8 Å². The van der Waals surface area contributed by atoms with Crippen molar-refractivity contribution in [2.24, 2.45) is 0 Å². The predicted molar refractivity (Wildman–Crippen MR) is 108 cm³/mol. The summed E-state index contributed by atoms with van der Waals surface area (Å²) in [7, 11) is 0. The molecular formula is C22H24N2O5. The summed E-state index contributed by atoms with van der Waals surface area (Å²) in [6, 6.07) is 7.86. The summed E-state index contributed by atoms with van der Waals surface area (Å²) in [5.41, 5.74) is 3.70. The van der Waals surface area contributed by atoms with Gasteiger partial charge in [-0.15, -0.1) is 0 Å². The number of hydrogen-bond acceptors (Lipinski definition) is 5. The minimum absolute atomic E-state index is 0.173. The van der Waals surface area contributed by atoms with E-state index in [9.17, 15) is 14.4 Å². The highest BCUT2D eigenvalue weighted by Gasteiger charge is 2.23. The highest BCUT2D eigenvalue weighted by atomic mass is 16.5. The van der Waals surface area contributed by atoms with Crippen LogP contribution in [0.1, 0.15) is 51.0 Å². The molecule has 2 N–H and O–H groups in total. The SMILES string of the molecule is CCOC(=O)c1c(C)[nH]c(C(=O)COC(=O)CCc2c[nH]c3ccccc23)c1C. The molecule has 7 nitrogen and oxygen atoms in total. The molecule has 0 bridgehead atoms. The third-order valence-corrected chi connectivity index (χ3v) is 4.83. The Morgan fingerprint density at radius 2 is 1.83 bits per heavy atom. The van der Waals surface area contributed by atoms with E-state index in [4.69, 9.17) is 9.47 Å². The van der Waals surface area contributed by atoms with Gasteiger partial charge in [0, 0.05) is 29.2 Å². The number of hydrogen-bond donors (Lipinski definition) is 2. The molecule has 0 aliphatic rings. The molecule has 0 aliphatic heterocycles. The van der Waals surface area contributed by atoms with Gasteiger partial charge in [-0.25, -0.2) is 4.79 Å². The lowest BCUT2D eigenvalue weighted by Gasteiger charge is -2.05. The second kappa shape index (κ2) is 8.77. The lowest BCUT2D eigenvalue weighted by Crippen LogP contribution is -2.16. The van der Waals surface area contributed by atoms with Crippen LogP contribution in [0.5, 0.6) is 0 Å². The third kappa shape index (κ3) is 4.39. The smallest absolute Gasteiger partial charge is 0.340 e. The molecule has 0 saturated carbocycles. The molecule has 0 saturated heterocycles. The molecule has 29 heavy (non-hydrogen) atoms. The molecule has 3 aromatic rings. The van der Waals surface area contributed by atoms with Gasteiger partial charge in [0.1, 0.15) is 0 Å². The first-order chi connectivity index (χ1) is 13.9. The fourth-order valence-corrected chi connectivity index (χ4v) is 3.40. The molecule has 0 amide bonds. The van der Waals surface area contributed by atoms with Gasteiger partial charge in [-0.3, -0.25) is 9.59 Å². The zero-order valence-electron chi connectivity index (χ0n) is 16.8. The maximum Gasteiger partial charge on any atom is 0.340 e.